The minimum Gasteiger partial charge on any atom is -0.465 e. The van der Waals surface area contributed by atoms with Crippen molar-refractivity contribution < 1.29 is 14.6 Å². The maximum Gasteiger partial charge on any atom is 0.323 e. The summed E-state index contributed by atoms with van der Waals surface area (Å²) in [6.07, 6.45) is 5.95. The van der Waals surface area contributed by atoms with Crippen LogP contribution in [0.3, 0.4) is 0 Å². The molecule has 0 aromatic heterocycles. The van der Waals surface area contributed by atoms with Gasteiger partial charge >= 0.3 is 5.97 Å². The molecule has 0 radical (unpaired) electrons. The van der Waals surface area contributed by atoms with Crippen molar-refractivity contribution >= 4 is 5.97 Å². The van der Waals surface area contributed by atoms with Crippen molar-refractivity contribution in [2.24, 2.45) is 5.92 Å². The molecule has 110 valence electrons. The van der Waals surface area contributed by atoms with Crippen LogP contribution < -0.4 is 0 Å². The lowest BCUT2D eigenvalue weighted by atomic mass is 9.71. The Labute approximate surface area is 116 Å². The van der Waals surface area contributed by atoms with Gasteiger partial charge in [0.15, 0.2) is 0 Å². The first-order valence-electron chi connectivity index (χ1n) is 7.73. The van der Waals surface area contributed by atoms with Crippen molar-refractivity contribution in [3.63, 3.8) is 0 Å². The van der Waals surface area contributed by atoms with Crippen LogP contribution in [0.25, 0.3) is 0 Å². The fourth-order valence-electron chi connectivity index (χ4n) is 3.69. The van der Waals surface area contributed by atoms with E-state index in [9.17, 15) is 9.90 Å². The minimum atomic E-state index is -0.471. The van der Waals surface area contributed by atoms with E-state index in [0.717, 1.165) is 45.2 Å². The third kappa shape index (κ3) is 3.11. The van der Waals surface area contributed by atoms with Crippen molar-refractivity contribution in [1.29, 1.82) is 0 Å². The zero-order chi connectivity index (χ0) is 13.9. The molecule has 0 aromatic rings. The van der Waals surface area contributed by atoms with Crippen LogP contribution in [0.2, 0.25) is 0 Å². The summed E-state index contributed by atoms with van der Waals surface area (Å²) in [7, 11) is 0. The van der Waals surface area contributed by atoms with Gasteiger partial charge < -0.3 is 9.84 Å². The van der Waals surface area contributed by atoms with Gasteiger partial charge in [0.2, 0.25) is 0 Å². The van der Waals surface area contributed by atoms with E-state index >= 15 is 0 Å². The van der Waals surface area contributed by atoms with E-state index in [1.54, 1.807) is 0 Å². The summed E-state index contributed by atoms with van der Waals surface area (Å²) in [5, 5.41) is 10.7. The van der Waals surface area contributed by atoms with Gasteiger partial charge in [0.05, 0.1) is 12.2 Å². The highest BCUT2D eigenvalue weighted by atomic mass is 16.5. The average Bonchev–Trinajstić information content (AvgIpc) is 2.40. The number of hydrogen-bond donors (Lipinski definition) is 1. The highest BCUT2D eigenvalue weighted by Crippen LogP contribution is 2.40. The number of esters is 1. The molecule has 4 nitrogen and oxygen atoms in total. The summed E-state index contributed by atoms with van der Waals surface area (Å²) < 4.78 is 5.17. The van der Waals surface area contributed by atoms with Gasteiger partial charge in [-0.25, -0.2) is 0 Å². The highest BCUT2D eigenvalue weighted by Gasteiger charge is 2.44. The van der Waals surface area contributed by atoms with Gasteiger partial charge in [-0.05, 0) is 32.6 Å². The van der Waals surface area contributed by atoms with E-state index in [1.165, 1.54) is 6.42 Å². The fourth-order valence-corrected chi connectivity index (χ4v) is 3.69. The third-order valence-electron chi connectivity index (χ3n) is 4.85. The second kappa shape index (κ2) is 6.23. The zero-order valence-electron chi connectivity index (χ0n) is 12.2. The van der Waals surface area contributed by atoms with Crippen LogP contribution in [0.5, 0.6) is 0 Å². The van der Waals surface area contributed by atoms with Crippen molar-refractivity contribution in [1.82, 2.24) is 4.90 Å². The number of carbonyl (C=O) groups is 1. The molecule has 2 rings (SSSR count). The maximum absolute atomic E-state index is 12.0. The first kappa shape index (κ1) is 14.8. The Kier molecular flexibility index (Phi) is 4.85. The second-order valence-electron chi connectivity index (χ2n) is 5.97. The normalized spacial score (nSPS) is 33.5. The Bertz CT molecular complexity index is 321. The van der Waals surface area contributed by atoms with Gasteiger partial charge in [-0.3, -0.25) is 9.69 Å². The molecule has 1 saturated heterocycles. The molecule has 19 heavy (non-hydrogen) atoms. The molecule has 3 unspecified atom stereocenters. The van der Waals surface area contributed by atoms with Gasteiger partial charge in [0.1, 0.15) is 6.04 Å². The van der Waals surface area contributed by atoms with E-state index in [-0.39, 0.29) is 12.0 Å². The smallest absolute Gasteiger partial charge is 0.323 e. The number of nitrogens with zero attached hydrogens (tertiary/aromatic N) is 1. The molecule has 1 N–H and O–H groups in total. The number of aliphatic hydroxyl groups is 1. The molecular formula is C15H27NO3. The predicted molar refractivity (Wildman–Crippen MR) is 73.8 cm³/mol. The molecule has 1 aliphatic heterocycles. The molecule has 0 amide bonds. The van der Waals surface area contributed by atoms with Crippen LogP contribution in [0.1, 0.15) is 52.4 Å². The summed E-state index contributed by atoms with van der Waals surface area (Å²) in [4.78, 5) is 14.2. The van der Waals surface area contributed by atoms with Crippen LogP contribution in [0.4, 0.5) is 0 Å². The van der Waals surface area contributed by atoms with Crippen LogP contribution in [0, 0.1) is 5.92 Å². The van der Waals surface area contributed by atoms with Crippen molar-refractivity contribution in [3.8, 4) is 0 Å². The molecule has 3 atom stereocenters. The van der Waals surface area contributed by atoms with E-state index in [4.69, 9.17) is 4.74 Å². The van der Waals surface area contributed by atoms with Gasteiger partial charge in [-0.15, -0.1) is 0 Å². The first-order chi connectivity index (χ1) is 9.10. The van der Waals surface area contributed by atoms with Gasteiger partial charge in [-0.2, -0.15) is 0 Å². The number of piperidine rings is 1. The molecule has 1 aliphatic carbocycles. The van der Waals surface area contributed by atoms with E-state index < -0.39 is 5.60 Å². The Balaban J connectivity index is 2.00. The quantitative estimate of drug-likeness (QED) is 0.793. The van der Waals surface area contributed by atoms with Gasteiger partial charge in [0.25, 0.3) is 0 Å². The average molecular weight is 269 g/mol. The number of likely N-dealkylation sites (tertiary alicyclic amines) is 1. The zero-order valence-corrected chi connectivity index (χ0v) is 12.2. The van der Waals surface area contributed by atoms with E-state index in [2.05, 4.69) is 4.90 Å². The summed E-state index contributed by atoms with van der Waals surface area (Å²) in [6.45, 7) is 5.97. The van der Waals surface area contributed by atoms with Crippen LogP contribution >= 0.6 is 0 Å². The number of ether oxygens (including phenoxy) is 1. The maximum atomic E-state index is 12.0. The van der Waals surface area contributed by atoms with Gasteiger partial charge in [0, 0.05) is 19.0 Å². The molecule has 2 fully saturated rings. The molecular weight excluding hydrogens is 242 g/mol. The van der Waals surface area contributed by atoms with Crippen LogP contribution in [0.15, 0.2) is 0 Å². The first-order valence-corrected chi connectivity index (χ1v) is 7.73. The number of rotatable bonds is 4. The summed E-state index contributed by atoms with van der Waals surface area (Å²) in [5.74, 6) is 0.227. The Morgan fingerprint density at radius 1 is 1.42 bits per heavy atom. The Morgan fingerprint density at radius 2 is 2.21 bits per heavy atom. The van der Waals surface area contributed by atoms with Gasteiger partial charge in [-0.1, -0.05) is 19.8 Å². The van der Waals surface area contributed by atoms with Crippen molar-refractivity contribution in [3.05, 3.63) is 0 Å². The fraction of sp³-hybridized carbons (Fsp3) is 0.933. The number of hydrogen-bond acceptors (Lipinski definition) is 4. The Morgan fingerprint density at radius 3 is 2.89 bits per heavy atom. The Hall–Kier alpha value is -0.610. The number of fused-ring (bicyclic) bond motifs is 1. The molecule has 1 heterocycles. The summed E-state index contributed by atoms with van der Waals surface area (Å²) in [6, 6.07) is -0.133. The number of carbonyl (C=O) groups excluding carboxylic acids is 1. The van der Waals surface area contributed by atoms with E-state index in [0.29, 0.717) is 12.5 Å². The molecule has 1 saturated carbocycles. The summed E-state index contributed by atoms with van der Waals surface area (Å²) >= 11 is 0. The van der Waals surface area contributed by atoms with E-state index in [1.807, 2.05) is 13.8 Å². The molecule has 2 aliphatic rings. The second-order valence-corrected chi connectivity index (χ2v) is 5.97. The highest BCUT2D eigenvalue weighted by molar-refractivity contribution is 5.75. The topological polar surface area (TPSA) is 49.8 Å². The lowest BCUT2D eigenvalue weighted by Gasteiger charge is -2.48. The van der Waals surface area contributed by atoms with Crippen LogP contribution in [-0.2, 0) is 9.53 Å². The monoisotopic (exact) mass is 269 g/mol. The lowest BCUT2D eigenvalue weighted by Crippen LogP contribution is -2.57. The van der Waals surface area contributed by atoms with Crippen LogP contribution in [-0.4, -0.2) is 47.3 Å². The third-order valence-corrected chi connectivity index (χ3v) is 4.85. The lowest BCUT2D eigenvalue weighted by molar-refractivity contribution is -0.155. The molecule has 0 bridgehead atoms. The molecule has 0 aromatic carbocycles. The largest absolute Gasteiger partial charge is 0.465 e. The van der Waals surface area contributed by atoms with Crippen molar-refractivity contribution in [2.45, 2.75) is 64.0 Å². The minimum absolute atomic E-state index is 0.105. The molecule has 0 spiro atoms. The predicted octanol–water partition coefficient (Wildman–Crippen LogP) is 1.96. The standard InChI is InChI=1S/C15H27NO3/c1-3-13(14(17)19-4-2)16-10-9-15(18)8-6-5-7-12(15)11-16/h12-13,18H,3-11H2,1-2H3. The van der Waals surface area contributed by atoms with Crippen molar-refractivity contribution in [2.75, 3.05) is 19.7 Å². The SMILES string of the molecule is CCOC(=O)C(CC)N1CCC2(O)CCCCC2C1. The molecule has 4 heteroatoms. The summed E-state index contributed by atoms with van der Waals surface area (Å²) in [5.41, 5.74) is -0.471.